The number of fused-ring (bicyclic) bond motifs is 1. The molecule has 0 radical (unpaired) electrons. The van der Waals surface area contributed by atoms with E-state index >= 15 is 0 Å². The molecule has 2 aromatic carbocycles. The van der Waals surface area contributed by atoms with Gasteiger partial charge in [-0.15, -0.1) is 0 Å². The van der Waals surface area contributed by atoms with E-state index in [1.165, 1.54) is 6.07 Å². The Hall–Kier alpha value is -3.36. The summed E-state index contributed by atoms with van der Waals surface area (Å²) in [6.45, 7) is 2.39. The van der Waals surface area contributed by atoms with Gasteiger partial charge in [0.2, 0.25) is 0 Å². The summed E-state index contributed by atoms with van der Waals surface area (Å²) in [6, 6.07) is 15.7. The minimum Gasteiger partial charge on any atom is -0.372 e. The van der Waals surface area contributed by atoms with E-state index in [0.717, 1.165) is 24.6 Å². The zero-order valence-electron chi connectivity index (χ0n) is 20.8. The molecule has 1 aliphatic heterocycles. The highest BCUT2D eigenvalue weighted by atomic mass is 35.5. The maximum Gasteiger partial charge on any atom is 0.281 e. The lowest BCUT2D eigenvalue weighted by Crippen LogP contribution is -2.44. The van der Waals surface area contributed by atoms with E-state index in [9.17, 15) is 23.5 Å². The molecule has 1 aromatic heterocycles. The number of nitrogens with one attached hydrogen (secondary N) is 1. The lowest BCUT2D eigenvalue weighted by Gasteiger charge is -2.32. The highest BCUT2D eigenvalue weighted by Crippen LogP contribution is 2.45. The number of aromatic nitrogens is 1. The predicted octanol–water partition coefficient (Wildman–Crippen LogP) is 5.55. The molecule has 2 heterocycles. The van der Waals surface area contributed by atoms with Gasteiger partial charge in [-0.25, -0.2) is 8.78 Å². The molecule has 1 aliphatic carbocycles. The van der Waals surface area contributed by atoms with Crippen molar-refractivity contribution in [1.82, 2.24) is 10.3 Å². The summed E-state index contributed by atoms with van der Waals surface area (Å²) in [4.78, 5) is 31.7. The quantitative estimate of drug-likeness (QED) is 0.430. The van der Waals surface area contributed by atoms with Gasteiger partial charge in [-0.1, -0.05) is 59.6 Å². The number of aliphatic hydroxyl groups is 1. The van der Waals surface area contributed by atoms with Crippen molar-refractivity contribution in [2.24, 2.45) is 5.92 Å². The molecule has 5 rings (SSSR count). The molecular formula is C29H28ClF2N3O3. The van der Waals surface area contributed by atoms with Gasteiger partial charge in [-0.2, -0.15) is 0 Å². The number of para-hydroxylation sites is 1. The lowest BCUT2D eigenvalue weighted by molar-refractivity contribution is -0.132. The van der Waals surface area contributed by atoms with Crippen LogP contribution < -0.4 is 10.2 Å². The molecule has 38 heavy (non-hydrogen) atoms. The van der Waals surface area contributed by atoms with Crippen LogP contribution in [0.25, 0.3) is 0 Å². The molecule has 0 saturated heterocycles. The zero-order chi connectivity index (χ0) is 27.0. The van der Waals surface area contributed by atoms with Crippen molar-refractivity contribution in [3.05, 3.63) is 93.8 Å². The van der Waals surface area contributed by atoms with Gasteiger partial charge >= 0.3 is 0 Å². The normalized spacial score (nSPS) is 23.0. The summed E-state index contributed by atoms with van der Waals surface area (Å²) >= 11 is 5.88. The average Bonchev–Trinajstić information content (AvgIpc) is 3.12. The van der Waals surface area contributed by atoms with Crippen molar-refractivity contribution >= 4 is 29.1 Å². The van der Waals surface area contributed by atoms with E-state index in [4.69, 9.17) is 11.6 Å². The summed E-state index contributed by atoms with van der Waals surface area (Å²) in [5, 5.41) is 14.7. The summed E-state index contributed by atoms with van der Waals surface area (Å²) in [5.41, 5.74) is 0.283. The Labute approximate surface area is 224 Å². The van der Waals surface area contributed by atoms with Crippen LogP contribution in [-0.4, -0.2) is 34.5 Å². The third kappa shape index (κ3) is 4.78. The molecule has 1 atom stereocenters. The van der Waals surface area contributed by atoms with E-state index in [2.05, 4.69) is 10.3 Å². The monoisotopic (exact) mass is 539 g/mol. The van der Waals surface area contributed by atoms with Crippen LogP contribution in [0.15, 0.2) is 60.8 Å². The van der Waals surface area contributed by atoms with Crippen molar-refractivity contribution in [2.45, 2.75) is 50.7 Å². The second-order valence-electron chi connectivity index (χ2n) is 10.1. The number of anilines is 1. The topological polar surface area (TPSA) is 82.5 Å². The van der Waals surface area contributed by atoms with E-state index in [1.54, 1.807) is 23.1 Å². The smallest absolute Gasteiger partial charge is 0.281 e. The van der Waals surface area contributed by atoms with Gasteiger partial charge in [-0.05, 0) is 56.2 Å². The van der Waals surface area contributed by atoms with Crippen molar-refractivity contribution in [3.8, 4) is 0 Å². The standard InChI is InChI=1S/C29H28ClF2N3O3/c1-17-6-10-19(11-7-17)29(38)23-4-2-3-5-24(23)35(28(29)37)16-18-8-12-21(13-9-18)34-27(36)22-14-20(30)15-33-25(22)26(31)32/h2-7,10-11,14-15,18,21,26,38H,8-9,12-13,16H2,1H3,(H,34,36). The number of carbonyl (C=O) groups excluding carboxylic acids is 2. The number of carbonyl (C=O) groups is 2. The third-order valence-corrected chi connectivity index (χ3v) is 7.77. The number of amides is 2. The van der Waals surface area contributed by atoms with Gasteiger partial charge < -0.3 is 15.3 Å². The first-order chi connectivity index (χ1) is 18.2. The van der Waals surface area contributed by atoms with Crippen LogP contribution in [-0.2, 0) is 10.4 Å². The van der Waals surface area contributed by atoms with Gasteiger partial charge in [0, 0.05) is 24.3 Å². The number of nitrogens with zero attached hydrogens (tertiary/aromatic N) is 2. The molecule has 9 heteroatoms. The van der Waals surface area contributed by atoms with Gasteiger partial charge in [0.1, 0.15) is 5.69 Å². The second kappa shape index (κ2) is 10.4. The molecule has 0 spiro atoms. The first-order valence-corrected chi connectivity index (χ1v) is 13.0. The lowest BCUT2D eigenvalue weighted by atomic mass is 9.85. The van der Waals surface area contributed by atoms with Gasteiger partial charge in [-0.3, -0.25) is 14.6 Å². The number of hydrogen-bond acceptors (Lipinski definition) is 4. The Morgan fingerprint density at radius 1 is 1.16 bits per heavy atom. The Bertz CT molecular complexity index is 1360. The molecule has 1 saturated carbocycles. The maximum atomic E-state index is 13.7. The van der Waals surface area contributed by atoms with Crippen LogP contribution >= 0.6 is 11.6 Å². The maximum absolute atomic E-state index is 13.7. The molecule has 0 bridgehead atoms. The number of alkyl halides is 2. The average molecular weight is 540 g/mol. The van der Waals surface area contributed by atoms with Crippen LogP contribution in [0.2, 0.25) is 5.02 Å². The van der Waals surface area contributed by atoms with Crippen LogP contribution in [0.4, 0.5) is 14.5 Å². The molecule has 2 amide bonds. The second-order valence-corrected chi connectivity index (χ2v) is 10.5. The first kappa shape index (κ1) is 26.3. The minimum absolute atomic E-state index is 0.115. The first-order valence-electron chi connectivity index (χ1n) is 12.6. The Balaban J connectivity index is 1.26. The van der Waals surface area contributed by atoms with E-state index < -0.39 is 23.6 Å². The molecule has 1 fully saturated rings. The van der Waals surface area contributed by atoms with E-state index in [0.29, 0.717) is 36.2 Å². The fraction of sp³-hybridized carbons (Fsp3) is 0.345. The summed E-state index contributed by atoms with van der Waals surface area (Å²) in [5.74, 6) is -0.832. The number of benzene rings is 2. The molecule has 3 aromatic rings. The molecule has 1 unspecified atom stereocenters. The van der Waals surface area contributed by atoms with Crippen LogP contribution in [0.3, 0.4) is 0 Å². The van der Waals surface area contributed by atoms with Crippen LogP contribution in [0, 0.1) is 12.8 Å². The fourth-order valence-corrected chi connectivity index (χ4v) is 5.66. The number of hydrogen-bond donors (Lipinski definition) is 2. The largest absolute Gasteiger partial charge is 0.372 e. The van der Waals surface area contributed by atoms with Gasteiger partial charge in [0.25, 0.3) is 18.2 Å². The third-order valence-electron chi connectivity index (χ3n) is 7.57. The molecule has 2 N–H and O–H groups in total. The summed E-state index contributed by atoms with van der Waals surface area (Å²) in [6.07, 6.45) is 0.955. The SMILES string of the molecule is Cc1ccc(C2(O)C(=O)N(CC3CCC(NC(=O)c4cc(Cl)cnc4C(F)F)CC3)c3ccccc32)cc1. The molecule has 6 nitrogen and oxygen atoms in total. The van der Waals surface area contributed by atoms with Crippen LogP contribution in [0.5, 0.6) is 0 Å². The number of halogens is 3. The number of pyridine rings is 1. The summed E-state index contributed by atoms with van der Waals surface area (Å²) < 4.78 is 26.7. The molecular weight excluding hydrogens is 512 g/mol. The van der Waals surface area contributed by atoms with E-state index in [1.807, 2.05) is 37.3 Å². The van der Waals surface area contributed by atoms with Crippen molar-refractivity contribution in [3.63, 3.8) is 0 Å². The van der Waals surface area contributed by atoms with Crippen molar-refractivity contribution in [1.29, 1.82) is 0 Å². The van der Waals surface area contributed by atoms with Gasteiger partial charge in [0.15, 0.2) is 5.60 Å². The predicted molar refractivity (Wildman–Crippen MR) is 140 cm³/mol. The zero-order valence-corrected chi connectivity index (χ0v) is 21.6. The molecule has 2 aliphatic rings. The molecule has 198 valence electrons. The Morgan fingerprint density at radius 3 is 2.53 bits per heavy atom. The Morgan fingerprint density at radius 2 is 1.84 bits per heavy atom. The Kier molecular flexibility index (Phi) is 7.20. The summed E-state index contributed by atoms with van der Waals surface area (Å²) in [7, 11) is 0. The van der Waals surface area contributed by atoms with Crippen molar-refractivity contribution in [2.75, 3.05) is 11.4 Å². The van der Waals surface area contributed by atoms with Gasteiger partial charge in [0.05, 0.1) is 16.3 Å². The van der Waals surface area contributed by atoms with Crippen molar-refractivity contribution < 1.29 is 23.5 Å². The fourth-order valence-electron chi connectivity index (χ4n) is 5.51. The number of aryl methyl sites for hydroxylation is 1. The highest BCUT2D eigenvalue weighted by Gasteiger charge is 2.51. The highest BCUT2D eigenvalue weighted by molar-refractivity contribution is 6.30. The van der Waals surface area contributed by atoms with Crippen LogP contribution in [0.1, 0.15) is 64.9 Å². The van der Waals surface area contributed by atoms with E-state index in [-0.39, 0.29) is 28.5 Å². The number of rotatable bonds is 6. The minimum atomic E-state index is -2.89.